The molecule has 0 aliphatic heterocycles. The summed E-state index contributed by atoms with van der Waals surface area (Å²) in [6.45, 7) is 2.11. The topological polar surface area (TPSA) is 55.1 Å². The molecule has 0 spiro atoms. The summed E-state index contributed by atoms with van der Waals surface area (Å²) in [7, 11) is 0. The second-order valence-electron chi connectivity index (χ2n) is 2.37. The number of hydrogen-bond acceptors (Lipinski definition) is 3. The lowest BCUT2D eigenvalue weighted by Gasteiger charge is -1.96. The Bertz CT molecular complexity index is 319. The Morgan fingerprint density at radius 3 is 3.23 bits per heavy atom. The van der Waals surface area contributed by atoms with Gasteiger partial charge in [-0.15, -0.1) is 5.92 Å². The maximum Gasteiger partial charge on any atom is 0.226 e. The fourth-order valence-electron chi connectivity index (χ4n) is 0.787. The number of carbonyl (C=O) groups is 1. The van der Waals surface area contributed by atoms with Crippen LogP contribution in [0.2, 0.25) is 0 Å². The Morgan fingerprint density at radius 2 is 2.62 bits per heavy atom. The highest BCUT2D eigenvalue weighted by molar-refractivity contribution is 5.78. The zero-order valence-corrected chi connectivity index (χ0v) is 7.33. The summed E-state index contributed by atoms with van der Waals surface area (Å²) in [6, 6.07) is 1.66. The molecule has 0 fully saturated rings. The van der Waals surface area contributed by atoms with Gasteiger partial charge >= 0.3 is 0 Å². The van der Waals surface area contributed by atoms with Gasteiger partial charge < -0.3 is 9.84 Å². The van der Waals surface area contributed by atoms with Gasteiger partial charge in [0, 0.05) is 6.07 Å². The van der Waals surface area contributed by atoms with Crippen molar-refractivity contribution in [2.45, 2.75) is 13.3 Å². The van der Waals surface area contributed by atoms with Crippen LogP contribution in [0.1, 0.15) is 12.6 Å². The van der Waals surface area contributed by atoms with Crippen LogP contribution in [0.3, 0.4) is 0 Å². The van der Waals surface area contributed by atoms with Crippen LogP contribution in [-0.2, 0) is 11.2 Å². The summed E-state index contributed by atoms with van der Waals surface area (Å²) in [6.07, 6.45) is 1.68. The predicted octanol–water partition coefficient (Wildman–Crippen LogP) is 0.357. The van der Waals surface area contributed by atoms with Crippen molar-refractivity contribution in [1.29, 1.82) is 0 Å². The molecule has 1 aromatic rings. The van der Waals surface area contributed by atoms with E-state index in [1.54, 1.807) is 13.0 Å². The molecule has 1 amide bonds. The SMILES string of the molecule is CC#CCNC(=O)Cc1ccon1. The van der Waals surface area contributed by atoms with E-state index < -0.39 is 0 Å². The minimum atomic E-state index is -0.100. The highest BCUT2D eigenvalue weighted by Crippen LogP contribution is 1.94. The van der Waals surface area contributed by atoms with Crippen LogP contribution in [-0.4, -0.2) is 17.6 Å². The number of amides is 1. The van der Waals surface area contributed by atoms with Gasteiger partial charge in [-0.25, -0.2) is 0 Å². The summed E-state index contributed by atoms with van der Waals surface area (Å²) >= 11 is 0. The van der Waals surface area contributed by atoms with Crippen LogP contribution >= 0.6 is 0 Å². The summed E-state index contributed by atoms with van der Waals surface area (Å²) in [5.74, 6) is 5.32. The van der Waals surface area contributed by atoms with E-state index in [1.165, 1.54) is 6.26 Å². The number of rotatable bonds is 3. The third kappa shape index (κ3) is 3.43. The molecule has 0 radical (unpaired) electrons. The Hall–Kier alpha value is -1.76. The lowest BCUT2D eigenvalue weighted by Crippen LogP contribution is -2.25. The molecule has 13 heavy (non-hydrogen) atoms. The Kier molecular flexibility index (Phi) is 3.58. The Balaban J connectivity index is 2.28. The number of hydrogen-bond donors (Lipinski definition) is 1. The van der Waals surface area contributed by atoms with Crippen molar-refractivity contribution < 1.29 is 9.32 Å². The molecule has 0 atom stereocenters. The first-order valence-corrected chi connectivity index (χ1v) is 3.88. The van der Waals surface area contributed by atoms with Crippen LogP contribution < -0.4 is 5.32 Å². The highest BCUT2D eigenvalue weighted by Gasteiger charge is 2.03. The zero-order chi connectivity index (χ0) is 9.52. The first kappa shape index (κ1) is 9.33. The maximum absolute atomic E-state index is 11.1. The molecule has 4 nitrogen and oxygen atoms in total. The van der Waals surface area contributed by atoms with Gasteiger partial charge in [-0.05, 0) is 6.92 Å². The molecule has 1 rings (SSSR count). The van der Waals surface area contributed by atoms with Crippen molar-refractivity contribution in [2.24, 2.45) is 0 Å². The van der Waals surface area contributed by atoms with E-state index in [-0.39, 0.29) is 12.3 Å². The van der Waals surface area contributed by atoms with E-state index >= 15 is 0 Å². The number of carbonyl (C=O) groups excluding carboxylic acids is 1. The first-order valence-electron chi connectivity index (χ1n) is 3.88. The van der Waals surface area contributed by atoms with E-state index in [1.807, 2.05) is 0 Å². The third-order valence-electron chi connectivity index (χ3n) is 1.38. The molecule has 0 bridgehead atoms. The van der Waals surface area contributed by atoms with Gasteiger partial charge in [-0.1, -0.05) is 11.1 Å². The average molecular weight is 178 g/mol. The van der Waals surface area contributed by atoms with Crippen molar-refractivity contribution >= 4 is 5.91 Å². The third-order valence-corrected chi connectivity index (χ3v) is 1.38. The molecule has 0 saturated carbocycles. The highest BCUT2D eigenvalue weighted by atomic mass is 16.5. The average Bonchev–Trinajstić information content (AvgIpc) is 2.57. The second-order valence-corrected chi connectivity index (χ2v) is 2.37. The van der Waals surface area contributed by atoms with Gasteiger partial charge in [0.1, 0.15) is 6.26 Å². The van der Waals surface area contributed by atoms with Gasteiger partial charge in [-0.2, -0.15) is 0 Å². The summed E-state index contributed by atoms with van der Waals surface area (Å²) < 4.78 is 4.58. The largest absolute Gasteiger partial charge is 0.364 e. The lowest BCUT2D eigenvalue weighted by molar-refractivity contribution is -0.120. The first-order chi connectivity index (χ1) is 6.33. The van der Waals surface area contributed by atoms with E-state index in [4.69, 9.17) is 0 Å². The maximum atomic E-state index is 11.1. The number of nitrogens with zero attached hydrogens (tertiary/aromatic N) is 1. The molecule has 1 heterocycles. The minimum absolute atomic E-state index is 0.100. The van der Waals surface area contributed by atoms with E-state index in [9.17, 15) is 4.79 Å². The minimum Gasteiger partial charge on any atom is -0.364 e. The molecule has 0 aliphatic rings. The molecule has 68 valence electrons. The molecule has 0 unspecified atom stereocenters. The normalized spacial score (nSPS) is 8.69. The van der Waals surface area contributed by atoms with Gasteiger partial charge in [0.25, 0.3) is 0 Å². The standard InChI is InChI=1S/C9H10N2O2/c1-2-3-5-10-9(12)7-8-4-6-13-11-8/h4,6H,5,7H2,1H3,(H,10,12). The van der Waals surface area contributed by atoms with Crippen LogP contribution in [0.5, 0.6) is 0 Å². The van der Waals surface area contributed by atoms with Crippen LogP contribution in [0.15, 0.2) is 16.9 Å². The van der Waals surface area contributed by atoms with Crippen molar-refractivity contribution in [3.63, 3.8) is 0 Å². The quantitative estimate of drug-likeness (QED) is 0.680. The fraction of sp³-hybridized carbons (Fsp3) is 0.333. The fourth-order valence-corrected chi connectivity index (χ4v) is 0.787. The van der Waals surface area contributed by atoms with Crippen molar-refractivity contribution in [3.8, 4) is 11.8 Å². The van der Waals surface area contributed by atoms with E-state index in [2.05, 4.69) is 26.8 Å². The van der Waals surface area contributed by atoms with Gasteiger partial charge in [0.15, 0.2) is 0 Å². The molecule has 0 saturated heterocycles. The Morgan fingerprint density at radius 1 is 1.77 bits per heavy atom. The second kappa shape index (κ2) is 4.99. The van der Waals surface area contributed by atoms with E-state index in [0.717, 1.165) is 0 Å². The number of nitrogens with one attached hydrogen (secondary N) is 1. The molecule has 0 aliphatic carbocycles. The molecule has 1 N–H and O–H groups in total. The molecule has 0 aromatic carbocycles. The van der Waals surface area contributed by atoms with Crippen LogP contribution in [0.25, 0.3) is 0 Å². The summed E-state index contributed by atoms with van der Waals surface area (Å²) in [5, 5.41) is 6.24. The smallest absolute Gasteiger partial charge is 0.226 e. The molecule has 1 aromatic heterocycles. The van der Waals surface area contributed by atoms with Crippen molar-refractivity contribution in [2.75, 3.05) is 6.54 Å². The molecule has 4 heteroatoms. The van der Waals surface area contributed by atoms with Gasteiger partial charge in [-0.3, -0.25) is 4.79 Å². The lowest BCUT2D eigenvalue weighted by atomic mass is 10.3. The zero-order valence-electron chi connectivity index (χ0n) is 7.33. The van der Waals surface area contributed by atoms with Crippen molar-refractivity contribution in [3.05, 3.63) is 18.0 Å². The predicted molar refractivity (Wildman–Crippen MR) is 46.7 cm³/mol. The Labute approximate surface area is 76.3 Å². The monoisotopic (exact) mass is 178 g/mol. The van der Waals surface area contributed by atoms with Gasteiger partial charge in [0.05, 0.1) is 18.7 Å². The molecular weight excluding hydrogens is 168 g/mol. The summed E-state index contributed by atoms with van der Waals surface area (Å²) in [4.78, 5) is 11.1. The van der Waals surface area contributed by atoms with Crippen LogP contribution in [0, 0.1) is 11.8 Å². The van der Waals surface area contributed by atoms with Crippen LogP contribution in [0.4, 0.5) is 0 Å². The van der Waals surface area contributed by atoms with Gasteiger partial charge in [0.2, 0.25) is 5.91 Å². The molecular formula is C9H10N2O2. The number of aromatic nitrogens is 1. The summed E-state index contributed by atoms with van der Waals surface area (Å²) in [5.41, 5.74) is 0.627. The van der Waals surface area contributed by atoms with E-state index in [0.29, 0.717) is 12.2 Å². The van der Waals surface area contributed by atoms with Crippen molar-refractivity contribution in [1.82, 2.24) is 10.5 Å².